The van der Waals surface area contributed by atoms with Crippen LogP contribution in [-0.2, 0) is 19.6 Å². The highest BCUT2D eigenvalue weighted by Gasteiger charge is 2.31. The van der Waals surface area contributed by atoms with E-state index in [9.17, 15) is 4.79 Å². The lowest BCUT2D eigenvalue weighted by Crippen LogP contribution is -2.43. The number of halogens is 2. The standard InChI is InChI=1S/C26H28Cl2N4O/c1-30(16-20-8-11-29-12-9-20)25-10-13-31(19-25)26(33)32(17-21-4-2-6-23(27)14-21)18-22-5-3-7-24(28)15-22/h2-9,11-12,14-15,25H,10,13,16-19H2,1H3. The topological polar surface area (TPSA) is 39.7 Å². The molecule has 1 atom stereocenters. The summed E-state index contributed by atoms with van der Waals surface area (Å²) in [6, 6.07) is 19.8. The molecule has 0 spiro atoms. The van der Waals surface area contributed by atoms with Gasteiger partial charge in [-0.15, -0.1) is 0 Å². The van der Waals surface area contributed by atoms with Crippen LogP contribution in [0.5, 0.6) is 0 Å². The van der Waals surface area contributed by atoms with Crippen LogP contribution >= 0.6 is 23.2 Å². The molecule has 4 rings (SSSR count). The first-order chi connectivity index (χ1) is 16.0. The van der Waals surface area contributed by atoms with Crippen LogP contribution in [0.4, 0.5) is 4.79 Å². The monoisotopic (exact) mass is 482 g/mol. The number of pyridine rings is 1. The van der Waals surface area contributed by atoms with E-state index in [1.165, 1.54) is 5.56 Å². The summed E-state index contributed by atoms with van der Waals surface area (Å²) in [4.78, 5) is 23.9. The first-order valence-corrected chi connectivity index (χ1v) is 11.9. The quantitative estimate of drug-likeness (QED) is 0.432. The van der Waals surface area contributed by atoms with Crippen molar-refractivity contribution in [1.29, 1.82) is 0 Å². The minimum absolute atomic E-state index is 0.0368. The first kappa shape index (κ1) is 23.6. The zero-order valence-electron chi connectivity index (χ0n) is 18.7. The van der Waals surface area contributed by atoms with Crippen LogP contribution in [0.1, 0.15) is 23.1 Å². The van der Waals surface area contributed by atoms with E-state index < -0.39 is 0 Å². The molecule has 0 aliphatic carbocycles. The van der Waals surface area contributed by atoms with Gasteiger partial charge in [-0.1, -0.05) is 47.5 Å². The van der Waals surface area contributed by atoms with Gasteiger partial charge in [0.1, 0.15) is 0 Å². The fourth-order valence-corrected chi connectivity index (χ4v) is 4.71. The van der Waals surface area contributed by atoms with Crippen LogP contribution < -0.4 is 0 Å². The van der Waals surface area contributed by atoms with Gasteiger partial charge >= 0.3 is 6.03 Å². The molecule has 33 heavy (non-hydrogen) atoms. The minimum Gasteiger partial charge on any atom is -0.323 e. The number of likely N-dealkylation sites (N-methyl/N-ethyl adjacent to an activating group) is 1. The van der Waals surface area contributed by atoms with Crippen molar-refractivity contribution < 1.29 is 4.79 Å². The molecule has 0 bridgehead atoms. The van der Waals surface area contributed by atoms with Crippen molar-refractivity contribution in [2.24, 2.45) is 0 Å². The van der Waals surface area contributed by atoms with Crippen LogP contribution in [0.2, 0.25) is 10.0 Å². The molecular weight excluding hydrogens is 455 g/mol. The third-order valence-corrected chi connectivity index (χ3v) is 6.50. The lowest BCUT2D eigenvalue weighted by atomic mass is 10.1. The number of amides is 2. The van der Waals surface area contributed by atoms with Crippen LogP contribution in [0, 0.1) is 0 Å². The molecule has 0 N–H and O–H groups in total. The Hall–Kier alpha value is -2.60. The fraction of sp³-hybridized carbons (Fsp3) is 0.308. The van der Waals surface area contributed by atoms with Crippen molar-refractivity contribution >= 4 is 29.2 Å². The maximum absolute atomic E-state index is 13.6. The number of hydrogen-bond donors (Lipinski definition) is 0. The highest BCUT2D eigenvalue weighted by atomic mass is 35.5. The molecule has 1 saturated heterocycles. The number of aromatic nitrogens is 1. The van der Waals surface area contributed by atoms with Gasteiger partial charge in [0, 0.05) is 61.2 Å². The van der Waals surface area contributed by atoms with Crippen LogP contribution in [0.25, 0.3) is 0 Å². The van der Waals surface area contributed by atoms with E-state index in [1.807, 2.05) is 82.9 Å². The van der Waals surface area contributed by atoms with Gasteiger partial charge in [0.25, 0.3) is 0 Å². The second kappa shape index (κ2) is 11.0. The normalized spacial score (nSPS) is 15.8. The van der Waals surface area contributed by atoms with Gasteiger partial charge in [-0.2, -0.15) is 0 Å². The summed E-state index contributed by atoms with van der Waals surface area (Å²) in [6.07, 6.45) is 4.59. The Morgan fingerprint density at radius 3 is 2.12 bits per heavy atom. The average Bonchev–Trinajstić information content (AvgIpc) is 3.29. The summed E-state index contributed by atoms with van der Waals surface area (Å²) in [5.41, 5.74) is 3.23. The van der Waals surface area contributed by atoms with Gasteiger partial charge in [-0.05, 0) is 66.6 Å². The number of carbonyl (C=O) groups is 1. The molecule has 172 valence electrons. The van der Waals surface area contributed by atoms with Gasteiger partial charge in [0.05, 0.1) is 0 Å². The average molecular weight is 483 g/mol. The summed E-state index contributed by atoms with van der Waals surface area (Å²) in [5.74, 6) is 0. The Labute approximate surface area is 205 Å². The predicted octanol–water partition coefficient (Wildman–Crippen LogP) is 5.72. The van der Waals surface area contributed by atoms with Crippen molar-refractivity contribution in [2.45, 2.75) is 32.1 Å². The lowest BCUT2D eigenvalue weighted by Gasteiger charge is -2.30. The largest absolute Gasteiger partial charge is 0.323 e. The molecule has 1 aromatic heterocycles. The first-order valence-electron chi connectivity index (χ1n) is 11.1. The summed E-state index contributed by atoms with van der Waals surface area (Å²) in [6.45, 7) is 3.26. The smallest absolute Gasteiger partial charge is 0.320 e. The number of hydrogen-bond acceptors (Lipinski definition) is 3. The highest BCUT2D eigenvalue weighted by Crippen LogP contribution is 2.22. The van der Waals surface area contributed by atoms with Gasteiger partial charge in [0.2, 0.25) is 0 Å². The molecular formula is C26H28Cl2N4O. The van der Waals surface area contributed by atoms with E-state index >= 15 is 0 Å². The molecule has 2 heterocycles. The van der Waals surface area contributed by atoms with E-state index in [1.54, 1.807) is 0 Å². The van der Waals surface area contributed by atoms with Crippen molar-refractivity contribution in [3.63, 3.8) is 0 Å². The Kier molecular flexibility index (Phi) is 7.86. The van der Waals surface area contributed by atoms with Gasteiger partial charge in [-0.3, -0.25) is 9.88 Å². The molecule has 2 aromatic carbocycles. The van der Waals surface area contributed by atoms with Crippen molar-refractivity contribution in [3.8, 4) is 0 Å². The van der Waals surface area contributed by atoms with E-state index in [2.05, 4.69) is 16.9 Å². The molecule has 3 aromatic rings. The Bertz CT molecular complexity index is 1030. The van der Waals surface area contributed by atoms with E-state index in [0.29, 0.717) is 35.7 Å². The Morgan fingerprint density at radius 1 is 0.939 bits per heavy atom. The third-order valence-electron chi connectivity index (χ3n) is 6.03. The number of urea groups is 1. The van der Waals surface area contributed by atoms with E-state index in [0.717, 1.165) is 30.6 Å². The fourth-order valence-electron chi connectivity index (χ4n) is 4.28. The number of likely N-dealkylation sites (tertiary alicyclic amines) is 1. The maximum atomic E-state index is 13.6. The molecule has 2 amide bonds. The molecule has 1 aliphatic rings. The van der Waals surface area contributed by atoms with Gasteiger partial charge in [-0.25, -0.2) is 4.79 Å². The second-order valence-electron chi connectivity index (χ2n) is 8.56. The predicted molar refractivity (Wildman–Crippen MR) is 133 cm³/mol. The molecule has 1 unspecified atom stereocenters. The molecule has 1 fully saturated rings. The maximum Gasteiger partial charge on any atom is 0.320 e. The van der Waals surface area contributed by atoms with Crippen LogP contribution in [-0.4, -0.2) is 51.9 Å². The molecule has 5 nitrogen and oxygen atoms in total. The van der Waals surface area contributed by atoms with Gasteiger partial charge in [0.15, 0.2) is 0 Å². The molecule has 1 aliphatic heterocycles. The van der Waals surface area contributed by atoms with Crippen molar-refractivity contribution in [3.05, 3.63) is 99.8 Å². The number of nitrogens with zero attached hydrogens (tertiary/aromatic N) is 4. The summed E-state index contributed by atoms with van der Waals surface area (Å²) >= 11 is 12.4. The third kappa shape index (κ3) is 6.47. The van der Waals surface area contributed by atoms with Crippen LogP contribution in [0.3, 0.4) is 0 Å². The van der Waals surface area contributed by atoms with Gasteiger partial charge < -0.3 is 9.80 Å². The molecule has 0 saturated carbocycles. The summed E-state index contributed by atoms with van der Waals surface area (Å²) in [7, 11) is 2.12. The zero-order chi connectivity index (χ0) is 23.2. The highest BCUT2D eigenvalue weighted by molar-refractivity contribution is 6.30. The van der Waals surface area contributed by atoms with E-state index in [-0.39, 0.29) is 6.03 Å². The number of benzene rings is 2. The Balaban J connectivity index is 1.46. The lowest BCUT2D eigenvalue weighted by molar-refractivity contribution is 0.151. The minimum atomic E-state index is 0.0368. The SMILES string of the molecule is CN(Cc1ccncc1)C1CCN(C(=O)N(Cc2cccc(Cl)c2)Cc2cccc(Cl)c2)C1. The van der Waals surface area contributed by atoms with Crippen LogP contribution in [0.15, 0.2) is 73.1 Å². The van der Waals surface area contributed by atoms with E-state index in [4.69, 9.17) is 23.2 Å². The molecule has 0 radical (unpaired) electrons. The van der Waals surface area contributed by atoms with Crippen molar-refractivity contribution in [2.75, 3.05) is 20.1 Å². The zero-order valence-corrected chi connectivity index (χ0v) is 20.2. The summed E-state index contributed by atoms with van der Waals surface area (Å²) in [5, 5.41) is 1.34. The van der Waals surface area contributed by atoms with Crippen molar-refractivity contribution in [1.82, 2.24) is 19.7 Å². The molecule has 7 heteroatoms. The number of rotatable bonds is 7. The summed E-state index contributed by atoms with van der Waals surface area (Å²) < 4.78 is 0. The second-order valence-corrected chi connectivity index (χ2v) is 9.43. The number of carbonyl (C=O) groups excluding carboxylic acids is 1. The Morgan fingerprint density at radius 2 is 1.55 bits per heavy atom.